The molecule has 0 fully saturated rings. The number of ketones is 1. The van der Waals surface area contributed by atoms with Crippen LogP contribution in [0.25, 0.3) is 10.9 Å². The van der Waals surface area contributed by atoms with E-state index in [0.717, 1.165) is 16.5 Å². The van der Waals surface area contributed by atoms with E-state index in [-0.39, 0.29) is 13.1 Å². The van der Waals surface area contributed by atoms with Gasteiger partial charge in [-0.1, -0.05) is 32.0 Å². The van der Waals surface area contributed by atoms with E-state index < -0.39 is 0 Å². The van der Waals surface area contributed by atoms with E-state index in [4.69, 9.17) is 0 Å². The van der Waals surface area contributed by atoms with Crippen molar-refractivity contribution in [3.8, 4) is 0 Å². The molecule has 1 heterocycles. The van der Waals surface area contributed by atoms with Crippen molar-refractivity contribution < 1.29 is 6.22 Å². The summed E-state index contributed by atoms with van der Waals surface area (Å²) in [6, 6.07) is 6.03. The summed E-state index contributed by atoms with van der Waals surface area (Å²) in [6.07, 6.45) is 1.82. The number of fused-ring (bicyclic) bond motifs is 1. The predicted molar refractivity (Wildman–Crippen MR) is 64.3 cm³/mol. The highest BCUT2D eigenvalue weighted by molar-refractivity contribution is 6.09. The average molecular weight is 203 g/mol. The summed E-state index contributed by atoms with van der Waals surface area (Å²) in [5.74, 6) is 0.247. The molecule has 0 saturated heterocycles. The summed E-state index contributed by atoms with van der Waals surface area (Å²) < 4.78 is 0. The first-order valence-corrected chi connectivity index (χ1v) is 5.22. The molecule has 0 bridgehead atoms. The van der Waals surface area contributed by atoms with Crippen LogP contribution in [0.15, 0.2) is 24.4 Å². The van der Waals surface area contributed by atoms with Gasteiger partial charge in [-0.2, -0.15) is 0 Å². The van der Waals surface area contributed by atoms with Gasteiger partial charge < -0.3 is 4.98 Å². The molecule has 0 aliphatic heterocycles. The molecule has 15 heavy (non-hydrogen) atoms. The smallest absolute Gasteiger partial charge is 0.167 e. The van der Waals surface area contributed by atoms with Crippen molar-refractivity contribution in [2.45, 2.75) is 20.8 Å². The van der Waals surface area contributed by atoms with E-state index in [0.29, 0.717) is 0 Å². The summed E-state index contributed by atoms with van der Waals surface area (Å²) >= 11 is 0. The molecule has 0 aliphatic rings. The fourth-order valence-electron chi connectivity index (χ4n) is 1.82. The number of carbonyl (C=O) groups excluding carboxylic acids is 1. The summed E-state index contributed by atoms with van der Waals surface area (Å²) in [5.41, 5.74) is 3.06. The normalized spacial score (nSPS) is 11.2. The molecule has 2 heteroatoms. The monoisotopic (exact) mass is 203 g/mol. The highest BCUT2D eigenvalue weighted by Crippen LogP contribution is 2.23. The topological polar surface area (TPSA) is 32.9 Å². The number of aromatic amines is 1. The Hall–Kier alpha value is -1.57. The summed E-state index contributed by atoms with van der Waals surface area (Å²) in [4.78, 5) is 15.1. The van der Waals surface area contributed by atoms with Gasteiger partial charge in [0.15, 0.2) is 5.78 Å². The van der Waals surface area contributed by atoms with Crippen LogP contribution in [-0.2, 0) is 0 Å². The Balaban J connectivity index is 0.00000128. The fraction of sp³-hybridized carbons (Fsp3) is 0.308. The van der Waals surface area contributed by atoms with Crippen molar-refractivity contribution in [3.05, 3.63) is 35.5 Å². The maximum atomic E-state index is 11.9. The van der Waals surface area contributed by atoms with Gasteiger partial charge in [0, 0.05) is 30.0 Å². The Kier molecular flexibility index (Phi) is 2.35. The zero-order chi connectivity index (χ0) is 11.0. The number of rotatable bonds is 2. The molecule has 1 aromatic carbocycles. The van der Waals surface area contributed by atoms with Gasteiger partial charge in [0.25, 0.3) is 0 Å². The number of Topliss-reactive ketones (excluding diaryl/α,β-unsaturated/α-hetero) is 1. The third kappa shape index (κ3) is 1.56. The van der Waals surface area contributed by atoms with Crippen molar-refractivity contribution in [2.75, 3.05) is 0 Å². The fourth-order valence-corrected chi connectivity index (χ4v) is 1.82. The number of aromatic nitrogens is 1. The van der Waals surface area contributed by atoms with Crippen LogP contribution in [0.2, 0.25) is 0 Å². The van der Waals surface area contributed by atoms with Crippen LogP contribution in [0.5, 0.6) is 0 Å². The molecule has 1 N–H and O–H groups in total. The number of aryl methyl sites for hydroxylation is 1. The second-order valence-electron chi connectivity index (χ2n) is 4.22. The molecule has 0 radical (unpaired) electrons. The Bertz CT molecular complexity index is 514. The minimum atomic E-state index is 0. The Labute approximate surface area is 90.8 Å². The third-order valence-corrected chi connectivity index (χ3v) is 2.71. The van der Waals surface area contributed by atoms with Crippen LogP contribution in [0, 0.1) is 12.8 Å². The van der Waals surface area contributed by atoms with E-state index in [9.17, 15) is 4.79 Å². The van der Waals surface area contributed by atoms with Crippen LogP contribution >= 0.6 is 0 Å². The first kappa shape index (κ1) is 9.97. The van der Waals surface area contributed by atoms with E-state index in [2.05, 4.69) is 4.98 Å². The second kappa shape index (κ2) is 3.54. The summed E-state index contributed by atoms with van der Waals surface area (Å²) in [7, 11) is 0. The average Bonchev–Trinajstić information content (AvgIpc) is 2.61. The number of carbonyl (C=O) groups is 1. The van der Waals surface area contributed by atoms with Gasteiger partial charge >= 0.3 is 0 Å². The van der Waals surface area contributed by atoms with Gasteiger partial charge in [-0.15, -0.1) is 0 Å². The van der Waals surface area contributed by atoms with E-state index >= 15 is 0 Å². The highest BCUT2D eigenvalue weighted by Gasteiger charge is 2.15. The first-order chi connectivity index (χ1) is 7.11. The van der Waals surface area contributed by atoms with E-state index in [1.54, 1.807) is 0 Å². The molecule has 0 atom stereocenters. The minimum Gasteiger partial charge on any atom is -0.360 e. The van der Waals surface area contributed by atoms with Crippen molar-refractivity contribution in [2.24, 2.45) is 5.92 Å². The number of hydrogen-bond donors (Lipinski definition) is 1. The quantitative estimate of drug-likeness (QED) is 0.744. The van der Waals surface area contributed by atoms with Gasteiger partial charge in [0.2, 0.25) is 0 Å². The largest absolute Gasteiger partial charge is 0.360 e. The minimum absolute atomic E-state index is 0. The highest BCUT2D eigenvalue weighted by atomic mass is 16.1. The number of para-hydroxylation sites is 1. The summed E-state index contributed by atoms with van der Waals surface area (Å²) in [6.45, 7) is 5.90. The van der Waals surface area contributed by atoms with Crippen LogP contribution in [0.1, 0.15) is 31.2 Å². The molecular formula is C13H17NO. The molecule has 0 amide bonds. The molecule has 2 aromatic rings. The lowest BCUT2D eigenvalue weighted by molar-refractivity contribution is 0.0941. The number of nitrogens with one attached hydrogen (secondary N) is 1. The Morgan fingerprint density at radius 2 is 2.13 bits per heavy atom. The van der Waals surface area contributed by atoms with Crippen LogP contribution in [0.3, 0.4) is 0 Å². The molecule has 2 rings (SSSR count). The lowest BCUT2D eigenvalue weighted by atomic mass is 10.00. The van der Waals surface area contributed by atoms with Crippen molar-refractivity contribution in [1.29, 1.82) is 0 Å². The van der Waals surface area contributed by atoms with E-state index in [1.807, 2.05) is 45.2 Å². The SMILES string of the molecule is Cc1cccc2c(C(=O)C(C)C)c[nH]c12.[HH]. The zero-order valence-electron chi connectivity index (χ0n) is 9.29. The van der Waals surface area contributed by atoms with Crippen LogP contribution in [0.4, 0.5) is 0 Å². The third-order valence-electron chi connectivity index (χ3n) is 2.71. The number of H-pyrrole nitrogens is 1. The molecule has 0 saturated carbocycles. The first-order valence-electron chi connectivity index (χ1n) is 5.22. The van der Waals surface area contributed by atoms with Gasteiger partial charge in [-0.05, 0) is 12.5 Å². The molecule has 80 valence electrons. The predicted octanol–water partition coefficient (Wildman–Crippen LogP) is 3.56. The van der Waals surface area contributed by atoms with Crippen molar-refractivity contribution in [1.82, 2.24) is 4.98 Å². The second-order valence-corrected chi connectivity index (χ2v) is 4.22. The Morgan fingerprint density at radius 3 is 2.80 bits per heavy atom. The maximum absolute atomic E-state index is 11.9. The Morgan fingerprint density at radius 1 is 1.40 bits per heavy atom. The standard InChI is InChI=1S/C13H15NO.H2/c1-8(2)13(15)11-7-14-12-9(3)5-4-6-10(11)12;/h4-8,14H,1-3H3;1H. The lowest BCUT2D eigenvalue weighted by Gasteiger charge is -2.02. The number of hydrogen-bond acceptors (Lipinski definition) is 1. The molecule has 0 spiro atoms. The lowest BCUT2D eigenvalue weighted by Crippen LogP contribution is -2.06. The number of benzene rings is 1. The van der Waals surface area contributed by atoms with Crippen molar-refractivity contribution >= 4 is 16.7 Å². The van der Waals surface area contributed by atoms with Crippen LogP contribution < -0.4 is 0 Å². The maximum Gasteiger partial charge on any atom is 0.167 e. The molecule has 2 nitrogen and oxygen atoms in total. The van der Waals surface area contributed by atoms with Gasteiger partial charge in [-0.25, -0.2) is 0 Å². The van der Waals surface area contributed by atoms with Gasteiger partial charge in [0.1, 0.15) is 0 Å². The van der Waals surface area contributed by atoms with Crippen molar-refractivity contribution in [3.63, 3.8) is 0 Å². The summed E-state index contributed by atoms with van der Waals surface area (Å²) in [5, 5.41) is 1.04. The molecular weight excluding hydrogens is 186 g/mol. The molecule has 0 unspecified atom stereocenters. The van der Waals surface area contributed by atoms with Gasteiger partial charge in [-0.3, -0.25) is 4.79 Å². The zero-order valence-corrected chi connectivity index (χ0v) is 9.29. The van der Waals surface area contributed by atoms with E-state index in [1.165, 1.54) is 5.56 Å². The molecule has 1 aromatic heterocycles. The van der Waals surface area contributed by atoms with Crippen LogP contribution in [-0.4, -0.2) is 10.8 Å². The molecule has 0 aliphatic carbocycles. The van der Waals surface area contributed by atoms with Gasteiger partial charge in [0.05, 0.1) is 0 Å².